The van der Waals surface area contributed by atoms with Crippen LogP contribution in [0.25, 0.3) is 11.0 Å². The SMILES string of the molecule is Cc1cc2ccc(O)c(C)c2oc1=O. The highest BCUT2D eigenvalue weighted by Crippen LogP contribution is 2.25. The Labute approximate surface area is 80.6 Å². The van der Waals surface area contributed by atoms with Gasteiger partial charge in [-0.1, -0.05) is 0 Å². The molecule has 1 aromatic heterocycles. The Morgan fingerprint density at radius 3 is 2.71 bits per heavy atom. The molecular formula is C11H10O3. The zero-order chi connectivity index (χ0) is 10.3. The predicted octanol–water partition coefficient (Wildman–Crippen LogP) is 2.12. The Morgan fingerprint density at radius 2 is 2.00 bits per heavy atom. The molecule has 3 heteroatoms. The van der Waals surface area contributed by atoms with E-state index >= 15 is 0 Å². The first kappa shape index (κ1) is 8.81. The second-order valence-corrected chi connectivity index (χ2v) is 3.34. The topological polar surface area (TPSA) is 50.4 Å². The van der Waals surface area contributed by atoms with Crippen molar-refractivity contribution in [3.63, 3.8) is 0 Å². The molecule has 0 atom stereocenters. The molecule has 2 aromatic rings. The van der Waals surface area contributed by atoms with Gasteiger partial charge in [0.1, 0.15) is 11.3 Å². The molecule has 3 nitrogen and oxygen atoms in total. The summed E-state index contributed by atoms with van der Waals surface area (Å²) >= 11 is 0. The summed E-state index contributed by atoms with van der Waals surface area (Å²) in [5, 5.41) is 10.2. The molecule has 0 fully saturated rings. The minimum Gasteiger partial charge on any atom is -0.508 e. The number of phenolic OH excluding ortho intramolecular Hbond substituents is 1. The zero-order valence-corrected chi connectivity index (χ0v) is 8.00. The highest BCUT2D eigenvalue weighted by atomic mass is 16.4. The third-order valence-electron chi connectivity index (χ3n) is 2.30. The highest BCUT2D eigenvalue weighted by molar-refractivity contribution is 5.82. The molecule has 0 radical (unpaired) electrons. The standard InChI is InChI=1S/C11H10O3/c1-6-5-8-3-4-9(12)7(2)10(8)14-11(6)13/h3-5,12H,1-2H3. The highest BCUT2D eigenvalue weighted by Gasteiger charge is 2.06. The fourth-order valence-electron chi connectivity index (χ4n) is 1.42. The second kappa shape index (κ2) is 2.87. The average Bonchev–Trinajstić information content (AvgIpc) is 2.15. The van der Waals surface area contributed by atoms with E-state index in [2.05, 4.69) is 0 Å². The number of fused-ring (bicyclic) bond motifs is 1. The van der Waals surface area contributed by atoms with Gasteiger partial charge in [-0.15, -0.1) is 0 Å². The van der Waals surface area contributed by atoms with Gasteiger partial charge in [-0.05, 0) is 32.0 Å². The van der Waals surface area contributed by atoms with Crippen molar-refractivity contribution in [3.8, 4) is 5.75 Å². The Kier molecular flexibility index (Phi) is 1.81. The van der Waals surface area contributed by atoms with Gasteiger partial charge in [0.25, 0.3) is 0 Å². The molecule has 1 N–H and O–H groups in total. The Bertz CT molecular complexity index is 552. The molecule has 0 amide bonds. The molecule has 0 aliphatic heterocycles. The van der Waals surface area contributed by atoms with E-state index < -0.39 is 0 Å². The van der Waals surface area contributed by atoms with E-state index in [9.17, 15) is 9.90 Å². The molecule has 72 valence electrons. The van der Waals surface area contributed by atoms with Gasteiger partial charge in [0.05, 0.1) is 0 Å². The van der Waals surface area contributed by atoms with Crippen LogP contribution in [0.1, 0.15) is 11.1 Å². The van der Waals surface area contributed by atoms with Crippen LogP contribution in [0.15, 0.2) is 27.4 Å². The minimum absolute atomic E-state index is 0.143. The van der Waals surface area contributed by atoms with E-state index in [1.165, 1.54) is 0 Å². The van der Waals surface area contributed by atoms with Crippen molar-refractivity contribution in [3.05, 3.63) is 39.7 Å². The van der Waals surface area contributed by atoms with Crippen LogP contribution in [0.2, 0.25) is 0 Å². The zero-order valence-electron chi connectivity index (χ0n) is 8.00. The number of hydrogen-bond donors (Lipinski definition) is 1. The quantitative estimate of drug-likeness (QED) is 0.647. The minimum atomic E-state index is -0.355. The van der Waals surface area contributed by atoms with E-state index in [1.807, 2.05) is 0 Å². The van der Waals surface area contributed by atoms with Crippen LogP contribution in [0, 0.1) is 13.8 Å². The van der Waals surface area contributed by atoms with Crippen LogP contribution in [-0.2, 0) is 0 Å². The van der Waals surface area contributed by atoms with Gasteiger partial charge < -0.3 is 9.52 Å². The fourth-order valence-corrected chi connectivity index (χ4v) is 1.42. The molecule has 0 saturated heterocycles. The fraction of sp³-hybridized carbons (Fsp3) is 0.182. The largest absolute Gasteiger partial charge is 0.508 e. The molecular weight excluding hydrogens is 180 g/mol. The number of aromatic hydroxyl groups is 1. The molecule has 0 saturated carbocycles. The third-order valence-corrected chi connectivity index (χ3v) is 2.30. The van der Waals surface area contributed by atoms with Gasteiger partial charge in [-0.3, -0.25) is 0 Å². The van der Waals surface area contributed by atoms with E-state index in [0.717, 1.165) is 5.39 Å². The Morgan fingerprint density at radius 1 is 1.29 bits per heavy atom. The summed E-state index contributed by atoms with van der Waals surface area (Å²) in [7, 11) is 0. The summed E-state index contributed by atoms with van der Waals surface area (Å²) in [5.74, 6) is 0.143. The molecule has 2 rings (SSSR count). The molecule has 0 unspecified atom stereocenters. The third kappa shape index (κ3) is 1.18. The van der Waals surface area contributed by atoms with Crippen LogP contribution in [0.4, 0.5) is 0 Å². The monoisotopic (exact) mass is 190 g/mol. The van der Waals surface area contributed by atoms with Gasteiger partial charge in [-0.25, -0.2) is 4.79 Å². The summed E-state index contributed by atoms with van der Waals surface area (Å²) < 4.78 is 5.09. The summed E-state index contributed by atoms with van der Waals surface area (Å²) in [4.78, 5) is 11.2. The summed E-state index contributed by atoms with van der Waals surface area (Å²) in [6, 6.07) is 5.08. The first-order chi connectivity index (χ1) is 6.59. The van der Waals surface area contributed by atoms with Crippen molar-refractivity contribution < 1.29 is 9.52 Å². The predicted molar refractivity (Wildman–Crippen MR) is 53.6 cm³/mol. The molecule has 0 aliphatic carbocycles. The number of rotatable bonds is 0. The lowest BCUT2D eigenvalue weighted by Crippen LogP contribution is -2.02. The molecule has 14 heavy (non-hydrogen) atoms. The van der Waals surface area contributed by atoms with Crippen molar-refractivity contribution >= 4 is 11.0 Å². The smallest absolute Gasteiger partial charge is 0.339 e. The van der Waals surface area contributed by atoms with Crippen molar-refractivity contribution in [1.82, 2.24) is 0 Å². The average molecular weight is 190 g/mol. The van der Waals surface area contributed by atoms with Crippen molar-refractivity contribution in [2.75, 3.05) is 0 Å². The van der Waals surface area contributed by atoms with E-state index in [1.54, 1.807) is 32.0 Å². The Hall–Kier alpha value is -1.77. The summed E-state index contributed by atoms with van der Waals surface area (Å²) in [6.45, 7) is 3.42. The maximum atomic E-state index is 11.2. The molecule has 0 spiro atoms. The number of hydrogen-bond acceptors (Lipinski definition) is 3. The maximum absolute atomic E-state index is 11.2. The van der Waals surface area contributed by atoms with Crippen molar-refractivity contribution in [1.29, 1.82) is 0 Å². The molecule has 1 heterocycles. The van der Waals surface area contributed by atoms with Gasteiger partial charge in [0.2, 0.25) is 0 Å². The van der Waals surface area contributed by atoms with Gasteiger partial charge in [-0.2, -0.15) is 0 Å². The summed E-state index contributed by atoms with van der Waals surface area (Å²) in [6.07, 6.45) is 0. The van der Waals surface area contributed by atoms with Crippen LogP contribution < -0.4 is 5.63 Å². The number of aryl methyl sites for hydroxylation is 2. The van der Waals surface area contributed by atoms with Crippen molar-refractivity contribution in [2.45, 2.75) is 13.8 Å². The van der Waals surface area contributed by atoms with Gasteiger partial charge in [0.15, 0.2) is 0 Å². The molecule has 0 aliphatic rings. The first-order valence-corrected chi connectivity index (χ1v) is 4.32. The lowest BCUT2D eigenvalue weighted by molar-refractivity contribution is 0.468. The van der Waals surface area contributed by atoms with Crippen LogP contribution in [0.3, 0.4) is 0 Å². The molecule has 0 bridgehead atoms. The normalized spacial score (nSPS) is 10.7. The lowest BCUT2D eigenvalue weighted by Gasteiger charge is -2.02. The van der Waals surface area contributed by atoms with Crippen LogP contribution in [-0.4, -0.2) is 5.11 Å². The van der Waals surface area contributed by atoms with E-state index in [0.29, 0.717) is 16.7 Å². The van der Waals surface area contributed by atoms with Crippen molar-refractivity contribution in [2.24, 2.45) is 0 Å². The maximum Gasteiger partial charge on any atom is 0.339 e. The lowest BCUT2D eigenvalue weighted by atomic mass is 10.1. The van der Waals surface area contributed by atoms with Gasteiger partial charge in [0, 0.05) is 16.5 Å². The van der Waals surface area contributed by atoms with Crippen LogP contribution >= 0.6 is 0 Å². The second-order valence-electron chi connectivity index (χ2n) is 3.34. The van der Waals surface area contributed by atoms with Gasteiger partial charge >= 0.3 is 5.63 Å². The Balaban J connectivity index is 2.97. The number of benzene rings is 1. The molecule has 1 aromatic carbocycles. The number of phenols is 1. The van der Waals surface area contributed by atoms with E-state index in [-0.39, 0.29) is 11.4 Å². The summed E-state index contributed by atoms with van der Waals surface area (Å²) in [5.41, 5.74) is 1.27. The van der Waals surface area contributed by atoms with Crippen LogP contribution in [0.5, 0.6) is 5.75 Å². The van der Waals surface area contributed by atoms with E-state index in [4.69, 9.17) is 4.42 Å². The first-order valence-electron chi connectivity index (χ1n) is 4.32.